The van der Waals surface area contributed by atoms with Crippen LogP contribution in [0.1, 0.15) is 18.9 Å². The van der Waals surface area contributed by atoms with Crippen LogP contribution in [0, 0.1) is 0 Å². The zero-order valence-electron chi connectivity index (χ0n) is 10.3. The highest BCUT2D eigenvalue weighted by molar-refractivity contribution is 7.99. The van der Waals surface area contributed by atoms with Gasteiger partial charge >= 0.3 is 5.97 Å². The quantitative estimate of drug-likeness (QED) is 0.851. The van der Waals surface area contributed by atoms with E-state index < -0.39 is 5.97 Å². The first-order valence-corrected chi connectivity index (χ1v) is 7.21. The first-order valence-electron chi connectivity index (χ1n) is 6.23. The molecule has 1 aromatic carbocycles. The van der Waals surface area contributed by atoms with E-state index in [0.717, 1.165) is 29.3 Å². The number of carboxylic acids is 1. The minimum absolute atomic E-state index is 0.0535. The van der Waals surface area contributed by atoms with Crippen molar-refractivity contribution in [3.63, 3.8) is 0 Å². The molecule has 1 aromatic heterocycles. The predicted molar refractivity (Wildman–Crippen MR) is 74.3 cm³/mol. The van der Waals surface area contributed by atoms with Crippen LogP contribution in [0.25, 0.3) is 11.3 Å². The summed E-state index contributed by atoms with van der Waals surface area (Å²) in [6.45, 7) is 0. The summed E-state index contributed by atoms with van der Waals surface area (Å²) in [6.07, 6.45) is 4.14. The molecule has 1 saturated carbocycles. The van der Waals surface area contributed by atoms with Crippen LogP contribution in [0.3, 0.4) is 0 Å². The lowest BCUT2D eigenvalue weighted by Crippen LogP contribution is -2.03. The average molecular weight is 274 g/mol. The monoisotopic (exact) mass is 274 g/mol. The summed E-state index contributed by atoms with van der Waals surface area (Å²) in [5.74, 6) is -0.755. The Labute approximate surface area is 115 Å². The number of rotatable bonds is 5. The fourth-order valence-electron chi connectivity index (χ4n) is 2.09. The lowest BCUT2D eigenvalue weighted by atomic mass is 10.2. The minimum atomic E-state index is -0.809. The maximum Gasteiger partial charge on any atom is 0.313 e. The number of hydrogen-bond donors (Lipinski definition) is 1. The van der Waals surface area contributed by atoms with E-state index in [1.54, 1.807) is 0 Å². The number of carboxylic acid groups (broad SMARTS) is 1. The van der Waals surface area contributed by atoms with Crippen molar-refractivity contribution in [2.45, 2.75) is 24.0 Å². The molecule has 0 spiro atoms. The molecule has 0 aliphatic heterocycles. The summed E-state index contributed by atoms with van der Waals surface area (Å²) < 4.78 is 2.18. The van der Waals surface area contributed by atoms with Crippen LogP contribution in [-0.2, 0) is 4.79 Å². The van der Waals surface area contributed by atoms with Crippen molar-refractivity contribution in [1.29, 1.82) is 0 Å². The molecular formula is C14H14N2O2S. The Balaban J connectivity index is 1.94. The van der Waals surface area contributed by atoms with Gasteiger partial charge in [-0.1, -0.05) is 42.1 Å². The standard InChI is InChI=1S/C14H14N2O2S/c17-13(18)9-19-14-15-8-12(16(14)11-6-7-11)10-4-2-1-3-5-10/h1-5,8,11H,6-7,9H2,(H,17,18). The molecule has 3 rings (SSSR count). The van der Waals surface area contributed by atoms with Gasteiger partial charge in [0.25, 0.3) is 0 Å². The van der Waals surface area contributed by atoms with E-state index >= 15 is 0 Å². The molecule has 19 heavy (non-hydrogen) atoms. The van der Waals surface area contributed by atoms with Gasteiger partial charge in [-0.3, -0.25) is 4.79 Å². The summed E-state index contributed by atoms with van der Waals surface area (Å²) >= 11 is 1.29. The molecule has 0 radical (unpaired) electrons. The zero-order chi connectivity index (χ0) is 13.2. The Hall–Kier alpha value is -1.75. The number of aromatic nitrogens is 2. The van der Waals surface area contributed by atoms with Crippen molar-refractivity contribution in [3.8, 4) is 11.3 Å². The van der Waals surface area contributed by atoms with Crippen molar-refractivity contribution in [2.24, 2.45) is 0 Å². The van der Waals surface area contributed by atoms with Crippen LogP contribution in [-0.4, -0.2) is 26.4 Å². The molecule has 2 aromatic rings. The van der Waals surface area contributed by atoms with Gasteiger partial charge in [-0.15, -0.1) is 0 Å². The smallest absolute Gasteiger partial charge is 0.313 e. The van der Waals surface area contributed by atoms with Crippen LogP contribution in [0.5, 0.6) is 0 Å². The molecule has 0 amide bonds. The van der Waals surface area contributed by atoms with Gasteiger partial charge in [0.05, 0.1) is 17.6 Å². The van der Waals surface area contributed by atoms with Crippen molar-refractivity contribution >= 4 is 17.7 Å². The third-order valence-corrected chi connectivity index (χ3v) is 4.02. The van der Waals surface area contributed by atoms with Gasteiger partial charge in [-0.05, 0) is 18.4 Å². The molecule has 1 fully saturated rings. The second-order valence-corrected chi connectivity index (χ2v) is 5.52. The molecule has 1 aliphatic carbocycles. The number of nitrogens with zero attached hydrogens (tertiary/aromatic N) is 2. The molecule has 5 heteroatoms. The number of hydrogen-bond acceptors (Lipinski definition) is 3. The normalized spacial score (nSPS) is 14.5. The van der Waals surface area contributed by atoms with Gasteiger partial charge in [0.1, 0.15) is 0 Å². The number of thioether (sulfide) groups is 1. The maximum atomic E-state index is 10.7. The SMILES string of the molecule is O=C(O)CSc1ncc(-c2ccccc2)n1C1CC1. The van der Waals surface area contributed by atoms with Crippen molar-refractivity contribution in [2.75, 3.05) is 5.75 Å². The van der Waals surface area contributed by atoms with Gasteiger partial charge in [-0.25, -0.2) is 4.98 Å². The highest BCUT2D eigenvalue weighted by Gasteiger charge is 2.29. The Morgan fingerprint density at radius 1 is 1.37 bits per heavy atom. The summed E-state index contributed by atoms with van der Waals surface area (Å²) in [5, 5.41) is 9.59. The second-order valence-electron chi connectivity index (χ2n) is 4.58. The van der Waals surface area contributed by atoms with E-state index in [2.05, 4.69) is 21.7 Å². The Kier molecular flexibility index (Phi) is 3.29. The molecule has 0 bridgehead atoms. The maximum absolute atomic E-state index is 10.7. The highest BCUT2D eigenvalue weighted by Crippen LogP contribution is 2.41. The largest absolute Gasteiger partial charge is 0.481 e. The lowest BCUT2D eigenvalue weighted by Gasteiger charge is -2.10. The van der Waals surface area contributed by atoms with E-state index in [0.29, 0.717) is 6.04 Å². The number of imidazole rings is 1. The van der Waals surface area contributed by atoms with E-state index in [9.17, 15) is 4.79 Å². The van der Waals surface area contributed by atoms with Crippen LogP contribution >= 0.6 is 11.8 Å². The second kappa shape index (κ2) is 5.09. The van der Waals surface area contributed by atoms with Gasteiger partial charge < -0.3 is 9.67 Å². The molecule has 0 atom stereocenters. The molecular weight excluding hydrogens is 260 g/mol. The Bertz CT molecular complexity index is 591. The van der Waals surface area contributed by atoms with E-state index in [4.69, 9.17) is 5.11 Å². The van der Waals surface area contributed by atoms with Gasteiger partial charge in [-0.2, -0.15) is 0 Å². The molecule has 1 heterocycles. The molecule has 4 nitrogen and oxygen atoms in total. The summed E-state index contributed by atoms with van der Waals surface area (Å²) in [6, 6.07) is 10.6. The number of benzene rings is 1. The van der Waals surface area contributed by atoms with E-state index in [-0.39, 0.29) is 5.75 Å². The predicted octanol–water partition coefficient (Wildman–Crippen LogP) is 3.06. The van der Waals surface area contributed by atoms with Crippen LogP contribution in [0.2, 0.25) is 0 Å². The van der Waals surface area contributed by atoms with Crippen molar-refractivity contribution in [3.05, 3.63) is 36.5 Å². The molecule has 0 unspecified atom stereocenters. The third kappa shape index (κ3) is 2.66. The zero-order valence-corrected chi connectivity index (χ0v) is 11.1. The minimum Gasteiger partial charge on any atom is -0.481 e. The third-order valence-electron chi connectivity index (χ3n) is 3.07. The van der Waals surface area contributed by atoms with Crippen molar-refractivity contribution < 1.29 is 9.90 Å². The summed E-state index contributed by atoms with van der Waals surface area (Å²) in [7, 11) is 0. The van der Waals surface area contributed by atoms with Crippen LogP contribution in [0.15, 0.2) is 41.7 Å². The lowest BCUT2D eigenvalue weighted by molar-refractivity contribution is -0.133. The first-order chi connectivity index (χ1) is 9.25. The van der Waals surface area contributed by atoms with E-state index in [1.165, 1.54) is 11.8 Å². The van der Waals surface area contributed by atoms with E-state index in [1.807, 2.05) is 24.4 Å². The Morgan fingerprint density at radius 3 is 2.74 bits per heavy atom. The van der Waals surface area contributed by atoms with Gasteiger partial charge in [0.2, 0.25) is 0 Å². The molecule has 1 N–H and O–H groups in total. The van der Waals surface area contributed by atoms with Crippen LogP contribution < -0.4 is 0 Å². The molecule has 0 saturated heterocycles. The topological polar surface area (TPSA) is 55.1 Å². The fourth-order valence-corrected chi connectivity index (χ4v) is 2.85. The first kappa shape index (κ1) is 12.3. The molecule has 1 aliphatic rings. The van der Waals surface area contributed by atoms with Gasteiger partial charge in [0, 0.05) is 6.04 Å². The van der Waals surface area contributed by atoms with Crippen LogP contribution in [0.4, 0.5) is 0 Å². The molecule has 98 valence electrons. The fraction of sp³-hybridized carbons (Fsp3) is 0.286. The average Bonchev–Trinajstić information content (AvgIpc) is 3.17. The summed E-state index contributed by atoms with van der Waals surface area (Å²) in [4.78, 5) is 15.1. The highest BCUT2D eigenvalue weighted by atomic mass is 32.2. The van der Waals surface area contributed by atoms with Crippen molar-refractivity contribution in [1.82, 2.24) is 9.55 Å². The Morgan fingerprint density at radius 2 is 2.11 bits per heavy atom. The summed E-state index contributed by atoms with van der Waals surface area (Å²) in [5.41, 5.74) is 2.21. The number of carbonyl (C=O) groups is 1. The van der Waals surface area contributed by atoms with Gasteiger partial charge in [0.15, 0.2) is 5.16 Å². The number of aliphatic carboxylic acids is 1.